The average Bonchev–Trinajstić information content (AvgIpc) is 2.83. The van der Waals surface area contributed by atoms with Gasteiger partial charge in [0.05, 0.1) is 12.1 Å². The minimum atomic E-state index is -2.79. The maximum atomic E-state index is 13.5. The number of amides is 1. The third-order valence-electron chi connectivity index (χ3n) is 4.21. The standard InChI is InChI=1S/C17H18F2N2O/c1-3-12-6-4-7-13-10-14(20(2)15(12)13)16(22)21-9-5-8-17(18,19)11-21/h3-4,6-7,10H,1,5,8-9,11H2,2H3. The summed E-state index contributed by atoms with van der Waals surface area (Å²) in [6, 6.07) is 7.47. The zero-order valence-corrected chi connectivity index (χ0v) is 12.5. The predicted molar refractivity (Wildman–Crippen MR) is 83.1 cm³/mol. The number of rotatable bonds is 2. The zero-order valence-electron chi connectivity index (χ0n) is 12.5. The number of likely N-dealkylation sites (tertiary alicyclic amines) is 1. The van der Waals surface area contributed by atoms with Crippen molar-refractivity contribution in [3.8, 4) is 0 Å². The molecular weight excluding hydrogens is 286 g/mol. The molecule has 0 aliphatic carbocycles. The number of hydrogen-bond acceptors (Lipinski definition) is 1. The quantitative estimate of drug-likeness (QED) is 0.830. The summed E-state index contributed by atoms with van der Waals surface area (Å²) in [5.74, 6) is -3.13. The topological polar surface area (TPSA) is 25.2 Å². The van der Waals surface area contributed by atoms with Gasteiger partial charge in [-0.3, -0.25) is 4.79 Å². The van der Waals surface area contributed by atoms with Crippen LogP contribution in [0.3, 0.4) is 0 Å². The van der Waals surface area contributed by atoms with Gasteiger partial charge in [0.15, 0.2) is 0 Å². The van der Waals surface area contributed by atoms with Gasteiger partial charge in [-0.1, -0.05) is 30.9 Å². The van der Waals surface area contributed by atoms with Crippen molar-refractivity contribution in [1.82, 2.24) is 9.47 Å². The van der Waals surface area contributed by atoms with Gasteiger partial charge in [-0.2, -0.15) is 0 Å². The Hall–Kier alpha value is -2.17. The maximum Gasteiger partial charge on any atom is 0.270 e. The van der Waals surface area contributed by atoms with E-state index in [1.165, 1.54) is 4.90 Å². The van der Waals surface area contributed by atoms with Crippen molar-refractivity contribution in [3.05, 3.63) is 42.1 Å². The van der Waals surface area contributed by atoms with Gasteiger partial charge in [0, 0.05) is 25.4 Å². The minimum absolute atomic E-state index is 0.146. The van der Waals surface area contributed by atoms with E-state index in [0.29, 0.717) is 18.7 Å². The van der Waals surface area contributed by atoms with Crippen molar-refractivity contribution in [2.75, 3.05) is 13.1 Å². The van der Waals surface area contributed by atoms with Crippen LogP contribution in [0.5, 0.6) is 0 Å². The molecule has 0 bridgehead atoms. The third-order valence-corrected chi connectivity index (χ3v) is 4.21. The molecule has 0 saturated carbocycles. The van der Waals surface area contributed by atoms with E-state index < -0.39 is 12.5 Å². The second-order valence-electron chi connectivity index (χ2n) is 5.76. The second kappa shape index (κ2) is 5.23. The molecule has 2 heterocycles. The first-order chi connectivity index (χ1) is 10.4. The number of nitrogens with zero attached hydrogens (tertiary/aromatic N) is 2. The smallest absolute Gasteiger partial charge is 0.270 e. The van der Waals surface area contributed by atoms with Crippen LogP contribution in [0.1, 0.15) is 28.9 Å². The second-order valence-corrected chi connectivity index (χ2v) is 5.76. The van der Waals surface area contributed by atoms with Crippen LogP contribution in [0, 0.1) is 0 Å². The Balaban J connectivity index is 2.01. The van der Waals surface area contributed by atoms with Crippen molar-refractivity contribution >= 4 is 22.9 Å². The Labute approximate surface area is 127 Å². The van der Waals surface area contributed by atoms with Crippen LogP contribution in [-0.2, 0) is 7.05 Å². The van der Waals surface area contributed by atoms with Gasteiger partial charge in [0.1, 0.15) is 5.69 Å². The van der Waals surface area contributed by atoms with E-state index in [1.54, 1.807) is 23.8 Å². The molecule has 0 radical (unpaired) electrons. The van der Waals surface area contributed by atoms with Crippen LogP contribution in [0.15, 0.2) is 30.8 Å². The summed E-state index contributed by atoms with van der Waals surface area (Å²) in [6.07, 6.45) is 1.92. The van der Waals surface area contributed by atoms with Crippen LogP contribution in [0.2, 0.25) is 0 Å². The first-order valence-corrected chi connectivity index (χ1v) is 7.31. The molecule has 2 aromatic rings. The fourth-order valence-electron chi connectivity index (χ4n) is 3.12. The van der Waals surface area contributed by atoms with E-state index in [1.807, 2.05) is 18.2 Å². The highest BCUT2D eigenvalue weighted by Crippen LogP contribution is 2.29. The number of aryl methyl sites for hydroxylation is 1. The van der Waals surface area contributed by atoms with Crippen LogP contribution in [0.4, 0.5) is 8.78 Å². The summed E-state index contributed by atoms with van der Waals surface area (Å²) in [6.45, 7) is 3.66. The molecule has 1 aromatic heterocycles. The molecule has 1 aliphatic heterocycles. The van der Waals surface area contributed by atoms with Crippen LogP contribution in [0.25, 0.3) is 17.0 Å². The fourth-order valence-corrected chi connectivity index (χ4v) is 3.12. The van der Waals surface area contributed by atoms with Gasteiger partial charge in [0.2, 0.25) is 0 Å². The molecule has 3 rings (SSSR count). The first-order valence-electron chi connectivity index (χ1n) is 7.31. The Morgan fingerprint density at radius 1 is 1.41 bits per heavy atom. The molecule has 1 aliphatic rings. The zero-order chi connectivity index (χ0) is 15.9. The highest BCUT2D eigenvalue weighted by Gasteiger charge is 2.37. The number of carbonyl (C=O) groups is 1. The van der Waals surface area contributed by atoms with Gasteiger partial charge in [-0.05, 0) is 18.1 Å². The Morgan fingerprint density at radius 2 is 2.18 bits per heavy atom. The van der Waals surface area contributed by atoms with Gasteiger partial charge in [-0.25, -0.2) is 8.78 Å². The highest BCUT2D eigenvalue weighted by atomic mass is 19.3. The van der Waals surface area contributed by atoms with Crippen molar-refractivity contribution in [2.45, 2.75) is 18.8 Å². The summed E-state index contributed by atoms with van der Waals surface area (Å²) < 4.78 is 28.8. The number of benzene rings is 1. The van der Waals surface area contributed by atoms with E-state index in [4.69, 9.17) is 0 Å². The Kier molecular flexibility index (Phi) is 3.51. The maximum absolute atomic E-state index is 13.5. The number of aromatic nitrogens is 1. The number of halogens is 2. The number of fused-ring (bicyclic) bond motifs is 1. The van der Waals surface area contributed by atoms with Crippen molar-refractivity contribution in [1.29, 1.82) is 0 Å². The summed E-state index contributed by atoms with van der Waals surface area (Å²) in [5, 5.41) is 0.909. The molecule has 0 unspecified atom stereocenters. The van der Waals surface area contributed by atoms with Gasteiger partial charge in [-0.15, -0.1) is 0 Å². The lowest BCUT2D eigenvalue weighted by Crippen LogP contribution is -2.46. The van der Waals surface area contributed by atoms with E-state index in [-0.39, 0.29) is 12.3 Å². The predicted octanol–water partition coefficient (Wildman–Crippen LogP) is 3.69. The van der Waals surface area contributed by atoms with Crippen molar-refractivity contribution < 1.29 is 13.6 Å². The fraction of sp³-hybridized carbons (Fsp3) is 0.353. The molecular formula is C17H18F2N2O. The molecule has 5 heteroatoms. The van der Waals surface area contributed by atoms with Gasteiger partial charge < -0.3 is 9.47 Å². The van der Waals surface area contributed by atoms with E-state index in [9.17, 15) is 13.6 Å². The summed E-state index contributed by atoms with van der Waals surface area (Å²) in [5.41, 5.74) is 2.25. The number of carbonyl (C=O) groups excluding carboxylic acids is 1. The number of alkyl halides is 2. The first kappa shape index (κ1) is 14.8. The van der Waals surface area contributed by atoms with Crippen LogP contribution < -0.4 is 0 Å². The molecule has 116 valence electrons. The van der Waals surface area contributed by atoms with E-state index in [0.717, 1.165) is 16.5 Å². The normalized spacial score (nSPS) is 17.7. The monoisotopic (exact) mass is 304 g/mol. The number of para-hydroxylation sites is 1. The summed E-state index contributed by atoms with van der Waals surface area (Å²) >= 11 is 0. The van der Waals surface area contributed by atoms with E-state index in [2.05, 4.69) is 6.58 Å². The molecule has 22 heavy (non-hydrogen) atoms. The Bertz CT molecular complexity index is 748. The molecule has 0 atom stereocenters. The van der Waals surface area contributed by atoms with Gasteiger partial charge in [0.25, 0.3) is 11.8 Å². The van der Waals surface area contributed by atoms with Gasteiger partial charge >= 0.3 is 0 Å². The molecule has 1 amide bonds. The average molecular weight is 304 g/mol. The summed E-state index contributed by atoms with van der Waals surface area (Å²) in [4.78, 5) is 13.9. The number of piperidine rings is 1. The largest absolute Gasteiger partial charge is 0.339 e. The van der Waals surface area contributed by atoms with Crippen molar-refractivity contribution in [3.63, 3.8) is 0 Å². The third kappa shape index (κ3) is 2.40. The summed E-state index contributed by atoms with van der Waals surface area (Å²) in [7, 11) is 1.78. The molecule has 1 fully saturated rings. The Morgan fingerprint density at radius 3 is 2.86 bits per heavy atom. The van der Waals surface area contributed by atoms with E-state index >= 15 is 0 Å². The molecule has 3 nitrogen and oxygen atoms in total. The van der Waals surface area contributed by atoms with Crippen LogP contribution in [-0.4, -0.2) is 34.4 Å². The molecule has 0 N–H and O–H groups in total. The lowest BCUT2D eigenvalue weighted by Gasteiger charge is -2.32. The van der Waals surface area contributed by atoms with Crippen LogP contribution >= 0.6 is 0 Å². The molecule has 0 spiro atoms. The highest BCUT2D eigenvalue weighted by molar-refractivity contribution is 6.00. The molecule has 1 aromatic carbocycles. The van der Waals surface area contributed by atoms with Crippen molar-refractivity contribution in [2.24, 2.45) is 7.05 Å². The lowest BCUT2D eigenvalue weighted by molar-refractivity contribution is -0.0562. The molecule has 1 saturated heterocycles. The SMILES string of the molecule is C=Cc1cccc2cc(C(=O)N3CCCC(F)(F)C3)n(C)c12. The lowest BCUT2D eigenvalue weighted by atomic mass is 10.1. The minimum Gasteiger partial charge on any atom is -0.339 e. The number of hydrogen-bond donors (Lipinski definition) is 0.